The van der Waals surface area contributed by atoms with Crippen molar-refractivity contribution < 1.29 is 17.6 Å². The minimum absolute atomic E-state index is 0.255. The fraction of sp³-hybridized carbons (Fsp3) is 0.267. The van der Waals surface area contributed by atoms with Gasteiger partial charge < -0.3 is 0 Å². The molecule has 0 atom stereocenters. The molecule has 20 heavy (non-hydrogen) atoms. The largest absolute Gasteiger partial charge is 0.298 e. The topological polar surface area (TPSA) is 12.9 Å². The Kier molecular flexibility index (Phi) is 3.54. The normalized spacial score (nSPS) is 12.5. The second-order valence-electron chi connectivity index (χ2n) is 5.04. The number of halogens is 4. The van der Waals surface area contributed by atoms with Crippen molar-refractivity contribution in [1.82, 2.24) is 4.98 Å². The molecule has 1 aromatic heterocycles. The monoisotopic (exact) mass is 283 g/mol. The predicted octanol–water partition coefficient (Wildman–Crippen LogP) is 4.43. The van der Waals surface area contributed by atoms with Gasteiger partial charge in [-0.25, -0.2) is 8.78 Å². The van der Waals surface area contributed by atoms with Gasteiger partial charge in [0.15, 0.2) is 0 Å². The van der Waals surface area contributed by atoms with Crippen LogP contribution in [0.4, 0.5) is 17.6 Å². The molecule has 0 bridgehead atoms. The number of aromatic nitrogens is 1. The number of nitrogens with zero attached hydrogens (tertiary/aromatic N) is 1. The highest BCUT2D eigenvalue weighted by atomic mass is 19.3. The Balaban J connectivity index is 2.53. The Labute approximate surface area is 114 Å². The van der Waals surface area contributed by atoms with E-state index in [1.165, 1.54) is 38.2 Å². The van der Waals surface area contributed by atoms with E-state index >= 15 is 0 Å². The second-order valence-corrected chi connectivity index (χ2v) is 5.04. The van der Waals surface area contributed by atoms with E-state index in [9.17, 15) is 17.6 Å². The van der Waals surface area contributed by atoms with Crippen molar-refractivity contribution in [3.63, 3.8) is 0 Å². The zero-order valence-corrected chi connectivity index (χ0v) is 11.0. The second kappa shape index (κ2) is 4.89. The number of benzene rings is 1. The summed E-state index contributed by atoms with van der Waals surface area (Å²) in [4.78, 5) is 3.64. The van der Waals surface area contributed by atoms with Crippen molar-refractivity contribution in [3.8, 4) is 0 Å². The third-order valence-corrected chi connectivity index (χ3v) is 3.38. The lowest BCUT2D eigenvalue weighted by molar-refractivity contribution is -0.0776. The Bertz CT molecular complexity index is 609. The van der Waals surface area contributed by atoms with E-state index in [0.717, 1.165) is 12.1 Å². The molecule has 0 unspecified atom stereocenters. The van der Waals surface area contributed by atoms with Gasteiger partial charge in [-0.1, -0.05) is 12.1 Å². The number of hydrogen-bond donors (Lipinski definition) is 0. The summed E-state index contributed by atoms with van der Waals surface area (Å²) in [5, 5.41) is 0. The van der Waals surface area contributed by atoms with E-state index in [1.807, 2.05) is 0 Å². The average molecular weight is 283 g/mol. The molecule has 106 valence electrons. The summed E-state index contributed by atoms with van der Waals surface area (Å²) in [5.74, 6) is -5.19. The summed E-state index contributed by atoms with van der Waals surface area (Å²) in [6.07, 6.45) is 1.25. The lowest BCUT2D eigenvalue weighted by Crippen LogP contribution is -2.39. The molecule has 0 saturated heterocycles. The minimum Gasteiger partial charge on any atom is -0.255 e. The maximum atomic E-state index is 14.6. The van der Waals surface area contributed by atoms with Gasteiger partial charge in [-0.3, -0.25) is 4.98 Å². The highest BCUT2D eigenvalue weighted by Crippen LogP contribution is 2.46. The molecule has 0 fully saturated rings. The first-order chi connectivity index (χ1) is 9.26. The van der Waals surface area contributed by atoms with Crippen molar-refractivity contribution in [2.75, 3.05) is 0 Å². The first kappa shape index (κ1) is 14.5. The third kappa shape index (κ3) is 2.28. The Morgan fingerprint density at radius 2 is 1.70 bits per heavy atom. The number of hydrogen-bond acceptors (Lipinski definition) is 1. The van der Waals surface area contributed by atoms with Crippen LogP contribution in [0.5, 0.6) is 0 Å². The molecule has 0 spiro atoms. The highest BCUT2D eigenvalue weighted by molar-refractivity contribution is 5.32. The smallest absolute Gasteiger partial charge is 0.255 e. The van der Waals surface area contributed by atoms with Crippen LogP contribution in [-0.2, 0) is 11.3 Å². The molecule has 1 nitrogen and oxygen atoms in total. The molecule has 5 heteroatoms. The van der Waals surface area contributed by atoms with E-state index in [-0.39, 0.29) is 5.56 Å². The summed E-state index contributed by atoms with van der Waals surface area (Å²) in [6, 6.07) is 6.75. The van der Waals surface area contributed by atoms with Crippen LogP contribution in [0, 0.1) is 11.6 Å². The molecule has 2 rings (SSSR count). The van der Waals surface area contributed by atoms with Crippen molar-refractivity contribution >= 4 is 0 Å². The lowest BCUT2D eigenvalue weighted by Gasteiger charge is -2.34. The fourth-order valence-electron chi connectivity index (χ4n) is 2.03. The van der Waals surface area contributed by atoms with Gasteiger partial charge in [0.2, 0.25) is 0 Å². The van der Waals surface area contributed by atoms with Gasteiger partial charge in [-0.15, -0.1) is 0 Å². The van der Waals surface area contributed by atoms with Gasteiger partial charge in [0.1, 0.15) is 17.3 Å². The van der Waals surface area contributed by atoms with Crippen molar-refractivity contribution in [2.24, 2.45) is 0 Å². The molecule has 0 aliphatic carbocycles. The summed E-state index contributed by atoms with van der Waals surface area (Å²) < 4.78 is 55.9. The van der Waals surface area contributed by atoms with Gasteiger partial charge in [-0.05, 0) is 32.0 Å². The molecule has 0 saturated carbocycles. The van der Waals surface area contributed by atoms with Crippen LogP contribution in [-0.4, -0.2) is 4.98 Å². The van der Waals surface area contributed by atoms with Gasteiger partial charge in [0, 0.05) is 17.8 Å². The molecule has 0 aliphatic heterocycles. The van der Waals surface area contributed by atoms with Gasteiger partial charge >= 0.3 is 0 Å². The van der Waals surface area contributed by atoms with Crippen LogP contribution < -0.4 is 0 Å². The van der Waals surface area contributed by atoms with Gasteiger partial charge in [-0.2, -0.15) is 8.78 Å². The minimum atomic E-state index is -3.40. The SMILES string of the molecule is CC(C)(c1ccc(F)cc1F)C(F)(F)c1ccccn1. The first-order valence-electron chi connectivity index (χ1n) is 6.01. The maximum absolute atomic E-state index is 14.6. The Morgan fingerprint density at radius 1 is 1.00 bits per heavy atom. The van der Waals surface area contributed by atoms with E-state index in [4.69, 9.17) is 0 Å². The number of rotatable bonds is 3. The van der Waals surface area contributed by atoms with Crippen LogP contribution in [0.2, 0.25) is 0 Å². The fourth-order valence-corrected chi connectivity index (χ4v) is 2.03. The molecule has 2 aromatic rings. The lowest BCUT2D eigenvalue weighted by atomic mass is 9.76. The molecule has 0 amide bonds. The van der Waals surface area contributed by atoms with E-state index < -0.39 is 28.7 Å². The van der Waals surface area contributed by atoms with E-state index in [1.54, 1.807) is 0 Å². The molecule has 1 heterocycles. The molecule has 0 radical (unpaired) electrons. The quantitative estimate of drug-likeness (QED) is 0.759. The molecule has 0 N–H and O–H groups in total. The standard InChI is InChI=1S/C15H13F4N/c1-14(2,11-7-6-10(16)9-12(11)17)15(18,19)13-5-3-4-8-20-13/h3-9H,1-2H3. The van der Waals surface area contributed by atoms with Crippen LogP contribution in [0.1, 0.15) is 25.1 Å². The molecule has 1 aromatic carbocycles. The number of alkyl halides is 2. The third-order valence-electron chi connectivity index (χ3n) is 3.38. The van der Waals surface area contributed by atoms with Crippen LogP contribution in [0.3, 0.4) is 0 Å². The summed E-state index contributed by atoms with van der Waals surface area (Å²) in [5.41, 5.74) is -2.57. The maximum Gasteiger partial charge on any atom is 0.298 e. The van der Waals surface area contributed by atoms with Gasteiger partial charge in [0.25, 0.3) is 5.92 Å². The molecule has 0 aliphatic rings. The van der Waals surface area contributed by atoms with E-state index in [0.29, 0.717) is 6.07 Å². The van der Waals surface area contributed by atoms with Crippen molar-refractivity contribution in [1.29, 1.82) is 0 Å². The van der Waals surface area contributed by atoms with Crippen LogP contribution in [0.15, 0.2) is 42.6 Å². The summed E-state index contributed by atoms with van der Waals surface area (Å²) in [7, 11) is 0. The first-order valence-corrected chi connectivity index (χ1v) is 6.01. The highest BCUT2D eigenvalue weighted by Gasteiger charge is 2.51. The Hall–Kier alpha value is -1.91. The molecular formula is C15H13F4N. The van der Waals surface area contributed by atoms with Crippen molar-refractivity contribution in [3.05, 3.63) is 65.5 Å². The van der Waals surface area contributed by atoms with Crippen molar-refractivity contribution in [2.45, 2.75) is 25.2 Å². The Morgan fingerprint density at radius 3 is 2.25 bits per heavy atom. The van der Waals surface area contributed by atoms with Crippen LogP contribution in [0.25, 0.3) is 0 Å². The average Bonchev–Trinajstić information content (AvgIpc) is 2.39. The zero-order valence-electron chi connectivity index (χ0n) is 11.0. The predicted molar refractivity (Wildman–Crippen MR) is 67.5 cm³/mol. The summed E-state index contributed by atoms with van der Waals surface area (Å²) >= 11 is 0. The number of pyridine rings is 1. The van der Waals surface area contributed by atoms with Crippen LogP contribution >= 0.6 is 0 Å². The molecular weight excluding hydrogens is 270 g/mol. The van der Waals surface area contributed by atoms with E-state index in [2.05, 4.69) is 4.98 Å². The zero-order chi connectivity index (χ0) is 15.0. The summed E-state index contributed by atoms with van der Waals surface area (Å²) in [6.45, 7) is 2.41. The van der Waals surface area contributed by atoms with Gasteiger partial charge in [0.05, 0.1) is 5.41 Å².